The Hall–Kier alpha value is -1.76. The van der Waals surface area contributed by atoms with Crippen LogP contribution in [0.3, 0.4) is 0 Å². The minimum atomic E-state index is 0.632. The summed E-state index contributed by atoms with van der Waals surface area (Å²) >= 11 is 0. The standard InChI is InChI=1S/C17H20O/c1-12-8-9-16(10-15(12)4)11-18-17-13(2)6-5-7-14(17)3/h5-10H,11H2,1-4H3. The van der Waals surface area contributed by atoms with Crippen molar-refractivity contribution in [3.8, 4) is 5.75 Å². The molecule has 0 aromatic heterocycles. The first kappa shape index (κ1) is 12.7. The Labute approximate surface area is 109 Å². The Morgan fingerprint density at radius 1 is 0.778 bits per heavy atom. The summed E-state index contributed by atoms with van der Waals surface area (Å²) in [6, 6.07) is 12.7. The van der Waals surface area contributed by atoms with Gasteiger partial charge in [-0.25, -0.2) is 0 Å². The number of rotatable bonds is 3. The molecule has 0 heterocycles. The Balaban J connectivity index is 2.14. The highest BCUT2D eigenvalue weighted by atomic mass is 16.5. The largest absolute Gasteiger partial charge is 0.488 e. The van der Waals surface area contributed by atoms with Crippen LogP contribution in [-0.4, -0.2) is 0 Å². The third kappa shape index (κ3) is 2.73. The van der Waals surface area contributed by atoms with Crippen LogP contribution in [0.15, 0.2) is 36.4 Å². The average molecular weight is 240 g/mol. The van der Waals surface area contributed by atoms with E-state index in [4.69, 9.17) is 4.74 Å². The number of hydrogen-bond donors (Lipinski definition) is 0. The number of hydrogen-bond acceptors (Lipinski definition) is 1. The number of para-hydroxylation sites is 1. The molecule has 2 aromatic rings. The summed E-state index contributed by atoms with van der Waals surface area (Å²) in [6.45, 7) is 9.07. The minimum absolute atomic E-state index is 0.632. The molecule has 1 heteroatoms. The molecular formula is C17H20O. The highest BCUT2D eigenvalue weighted by molar-refractivity contribution is 5.40. The average Bonchev–Trinajstić information content (AvgIpc) is 2.33. The van der Waals surface area contributed by atoms with Crippen LogP contribution < -0.4 is 4.74 Å². The molecule has 0 fully saturated rings. The van der Waals surface area contributed by atoms with Crippen molar-refractivity contribution < 1.29 is 4.74 Å². The Kier molecular flexibility index (Phi) is 3.71. The molecule has 0 atom stereocenters. The van der Waals surface area contributed by atoms with Crippen LogP contribution in [0.25, 0.3) is 0 Å². The highest BCUT2D eigenvalue weighted by Crippen LogP contribution is 2.23. The molecule has 18 heavy (non-hydrogen) atoms. The number of benzene rings is 2. The zero-order valence-electron chi connectivity index (χ0n) is 11.6. The summed E-state index contributed by atoms with van der Waals surface area (Å²) in [6.07, 6.45) is 0. The molecule has 0 aliphatic carbocycles. The van der Waals surface area contributed by atoms with Crippen molar-refractivity contribution >= 4 is 0 Å². The molecule has 2 rings (SSSR count). The lowest BCUT2D eigenvalue weighted by Crippen LogP contribution is -1.99. The van der Waals surface area contributed by atoms with Gasteiger partial charge in [-0.05, 0) is 55.5 Å². The van der Waals surface area contributed by atoms with Gasteiger partial charge in [0.15, 0.2) is 0 Å². The zero-order chi connectivity index (χ0) is 13.1. The van der Waals surface area contributed by atoms with Crippen LogP contribution in [0.2, 0.25) is 0 Å². The molecule has 0 unspecified atom stereocenters. The molecule has 0 saturated carbocycles. The molecule has 0 saturated heterocycles. The van der Waals surface area contributed by atoms with E-state index in [1.165, 1.54) is 27.8 Å². The number of ether oxygens (including phenoxy) is 1. The molecule has 0 N–H and O–H groups in total. The fourth-order valence-corrected chi connectivity index (χ4v) is 2.08. The van der Waals surface area contributed by atoms with Gasteiger partial charge in [0, 0.05) is 0 Å². The van der Waals surface area contributed by atoms with Gasteiger partial charge >= 0.3 is 0 Å². The van der Waals surface area contributed by atoms with E-state index in [-0.39, 0.29) is 0 Å². The molecule has 0 radical (unpaired) electrons. The van der Waals surface area contributed by atoms with Crippen molar-refractivity contribution in [3.63, 3.8) is 0 Å². The van der Waals surface area contributed by atoms with Gasteiger partial charge in [0.25, 0.3) is 0 Å². The first-order valence-corrected chi connectivity index (χ1v) is 6.33. The lowest BCUT2D eigenvalue weighted by atomic mass is 10.1. The van der Waals surface area contributed by atoms with Crippen molar-refractivity contribution in [1.82, 2.24) is 0 Å². The Bertz CT molecular complexity index is 535. The first-order valence-electron chi connectivity index (χ1n) is 6.33. The van der Waals surface area contributed by atoms with Crippen LogP contribution >= 0.6 is 0 Å². The van der Waals surface area contributed by atoms with Gasteiger partial charge in [-0.15, -0.1) is 0 Å². The molecule has 1 nitrogen and oxygen atoms in total. The smallest absolute Gasteiger partial charge is 0.125 e. The second-order valence-electron chi connectivity index (χ2n) is 4.93. The second-order valence-corrected chi connectivity index (χ2v) is 4.93. The predicted molar refractivity (Wildman–Crippen MR) is 76.2 cm³/mol. The van der Waals surface area contributed by atoms with Crippen LogP contribution in [-0.2, 0) is 6.61 Å². The topological polar surface area (TPSA) is 9.23 Å². The summed E-state index contributed by atoms with van der Waals surface area (Å²) in [5.74, 6) is 1.01. The summed E-state index contributed by atoms with van der Waals surface area (Å²) in [7, 11) is 0. The van der Waals surface area contributed by atoms with Crippen molar-refractivity contribution in [1.29, 1.82) is 0 Å². The van der Waals surface area contributed by atoms with Crippen molar-refractivity contribution in [2.75, 3.05) is 0 Å². The fraction of sp³-hybridized carbons (Fsp3) is 0.294. The normalized spacial score (nSPS) is 10.4. The van der Waals surface area contributed by atoms with E-state index in [2.05, 4.69) is 64.1 Å². The van der Waals surface area contributed by atoms with Gasteiger partial charge in [-0.3, -0.25) is 0 Å². The van der Waals surface area contributed by atoms with Crippen LogP contribution in [0.1, 0.15) is 27.8 Å². The second kappa shape index (κ2) is 5.26. The maximum atomic E-state index is 5.95. The van der Waals surface area contributed by atoms with Crippen molar-refractivity contribution in [2.45, 2.75) is 34.3 Å². The summed E-state index contributed by atoms with van der Waals surface area (Å²) < 4.78 is 5.95. The van der Waals surface area contributed by atoms with Crippen LogP contribution in [0, 0.1) is 27.7 Å². The van der Waals surface area contributed by atoms with Gasteiger partial charge < -0.3 is 4.74 Å². The molecule has 0 bridgehead atoms. The lowest BCUT2D eigenvalue weighted by molar-refractivity contribution is 0.302. The molecule has 0 aliphatic rings. The molecular weight excluding hydrogens is 220 g/mol. The Morgan fingerprint density at radius 3 is 2.06 bits per heavy atom. The van der Waals surface area contributed by atoms with Gasteiger partial charge in [-0.1, -0.05) is 36.4 Å². The number of aryl methyl sites for hydroxylation is 4. The van der Waals surface area contributed by atoms with E-state index < -0.39 is 0 Å². The summed E-state index contributed by atoms with van der Waals surface area (Å²) in [5.41, 5.74) is 6.25. The quantitative estimate of drug-likeness (QED) is 0.767. The van der Waals surface area contributed by atoms with E-state index in [1.54, 1.807) is 0 Å². The monoisotopic (exact) mass is 240 g/mol. The van der Waals surface area contributed by atoms with Gasteiger partial charge in [0.05, 0.1) is 0 Å². The van der Waals surface area contributed by atoms with Gasteiger partial charge in [0.1, 0.15) is 12.4 Å². The summed E-state index contributed by atoms with van der Waals surface area (Å²) in [4.78, 5) is 0. The first-order chi connectivity index (χ1) is 8.58. The molecule has 2 aromatic carbocycles. The lowest BCUT2D eigenvalue weighted by Gasteiger charge is -2.12. The molecule has 94 valence electrons. The minimum Gasteiger partial charge on any atom is -0.488 e. The van der Waals surface area contributed by atoms with Crippen LogP contribution in [0.5, 0.6) is 5.75 Å². The van der Waals surface area contributed by atoms with E-state index in [0.29, 0.717) is 6.61 Å². The summed E-state index contributed by atoms with van der Waals surface area (Å²) in [5, 5.41) is 0. The van der Waals surface area contributed by atoms with E-state index in [0.717, 1.165) is 5.75 Å². The van der Waals surface area contributed by atoms with Crippen molar-refractivity contribution in [2.24, 2.45) is 0 Å². The molecule has 0 amide bonds. The van der Waals surface area contributed by atoms with E-state index >= 15 is 0 Å². The van der Waals surface area contributed by atoms with Gasteiger partial charge in [0.2, 0.25) is 0 Å². The Morgan fingerprint density at radius 2 is 1.44 bits per heavy atom. The molecule has 0 spiro atoms. The molecule has 0 aliphatic heterocycles. The highest BCUT2D eigenvalue weighted by Gasteiger charge is 2.04. The predicted octanol–water partition coefficient (Wildman–Crippen LogP) is 4.50. The van der Waals surface area contributed by atoms with Crippen LogP contribution in [0.4, 0.5) is 0 Å². The maximum Gasteiger partial charge on any atom is 0.125 e. The van der Waals surface area contributed by atoms with Crippen molar-refractivity contribution in [3.05, 3.63) is 64.2 Å². The van der Waals surface area contributed by atoms with E-state index in [1.807, 2.05) is 0 Å². The third-order valence-electron chi connectivity index (χ3n) is 3.36. The third-order valence-corrected chi connectivity index (χ3v) is 3.36. The SMILES string of the molecule is Cc1ccc(COc2c(C)cccc2C)cc1C. The maximum absolute atomic E-state index is 5.95. The fourth-order valence-electron chi connectivity index (χ4n) is 2.08. The van der Waals surface area contributed by atoms with Gasteiger partial charge in [-0.2, -0.15) is 0 Å². The van der Waals surface area contributed by atoms with E-state index in [9.17, 15) is 0 Å². The zero-order valence-corrected chi connectivity index (χ0v) is 11.6.